The number of halogens is 3. The van der Waals surface area contributed by atoms with Crippen LogP contribution in [-0.4, -0.2) is 12.8 Å². The van der Waals surface area contributed by atoms with Gasteiger partial charge in [0.05, 0.1) is 5.69 Å². The second-order valence-electron chi connectivity index (χ2n) is 4.38. The number of rotatable bonds is 4. The van der Waals surface area contributed by atoms with E-state index in [1.807, 2.05) is 61.5 Å². The first-order chi connectivity index (χ1) is 11.0. The van der Waals surface area contributed by atoms with Crippen LogP contribution in [0.3, 0.4) is 0 Å². The molecule has 0 aliphatic rings. The Bertz CT molecular complexity index is 626. The van der Waals surface area contributed by atoms with E-state index in [0.717, 1.165) is 22.7 Å². The molecule has 2 aromatic carbocycles. The van der Waals surface area contributed by atoms with Gasteiger partial charge in [0, 0.05) is 5.71 Å². The van der Waals surface area contributed by atoms with Gasteiger partial charge in [-0.15, -0.1) is 12.7 Å². The molecule has 0 saturated heterocycles. The predicted octanol–water partition coefficient (Wildman–Crippen LogP) is 6.89. The molecule has 2 nitrogen and oxygen atoms in total. The van der Waals surface area contributed by atoms with Crippen LogP contribution >= 0.6 is 28.3 Å². The van der Waals surface area contributed by atoms with E-state index in [1.54, 1.807) is 7.05 Å². The molecule has 0 N–H and O–H groups in total. The summed E-state index contributed by atoms with van der Waals surface area (Å²) in [7, 11) is 16.7. The van der Waals surface area contributed by atoms with Crippen LogP contribution in [0.15, 0.2) is 71.7 Å². The van der Waals surface area contributed by atoms with Crippen molar-refractivity contribution in [2.24, 2.45) is 4.99 Å². The molecule has 0 spiro atoms. The third kappa shape index (κ3) is 9.17. The molecule has 23 heavy (non-hydrogen) atoms. The van der Waals surface area contributed by atoms with Crippen LogP contribution in [0.1, 0.15) is 12.5 Å². The van der Waals surface area contributed by atoms with Gasteiger partial charge in [-0.2, -0.15) is 0 Å². The number of aliphatic imine (C=N–C) groups is 1. The molecule has 2 rings (SSSR count). The molecule has 0 fully saturated rings. The molecule has 0 bridgehead atoms. The molecule has 0 aliphatic heterocycles. The zero-order valence-corrected chi connectivity index (χ0v) is 17.1. The first-order valence-electron chi connectivity index (χ1n) is 6.73. The third-order valence-electron chi connectivity index (χ3n) is 2.72. The van der Waals surface area contributed by atoms with Crippen molar-refractivity contribution in [3.63, 3.8) is 0 Å². The van der Waals surface area contributed by atoms with Crippen molar-refractivity contribution in [2.45, 2.75) is 6.92 Å². The normalized spacial score (nSPS) is 11.7. The van der Waals surface area contributed by atoms with Crippen molar-refractivity contribution in [2.75, 3.05) is 7.05 Å². The van der Waals surface area contributed by atoms with E-state index in [4.69, 9.17) is 28.3 Å². The first kappa shape index (κ1) is 20.3. The third-order valence-corrected chi connectivity index (χ3v) is 2.72. The number of hydrogen-bond donors (Lipinski definition) is 0. The summed E-state index contributed by atoms with van der Waals surface area (Å²) in [6, 6.07) is 20.1. The molecule has 0 atom stereocenters. The summed E-state index contributed by atoms with van der Waals surface area (Å²) >= 11 is -1.94. The summed E-state index contributed by atoms with van der Waals surface area (Å²) < 4.78 is 0. The molecular formula is C17H17Cl3MoN2-. The van der Waals surface area contributed by atoms with E-state index in [1.165, 1.54) is 0 Å². The Labute approximate surface area is 155 Å². The Balaban J connectivity index is 0.000000593. The average molecular weight is 452 g/mol. The molecule has 6 heteroatoms. The van der Waals surface area contributed by atoms with Gasteiger partial charge in [0.15, 0.2) is 0 Å². The number of nitrogens with zero attached hydrogens (tertiary/aromatic N) is 2. The molecular weight excluding hydrogens is 434 g/mol. The van der Waals surface area contributed by atoms with Crippen LogP contribution < -0.4 is 0 Å². The first-order valence-corrected chi connectivity index (χ1v) is 14.5. The molecule has 0 unspecified atom stereocenters. The second-order valence-corrected chi connectivity index (χ2v) is 13.5. The van der Waals surface area contributed by atoms with Crippen molar-refractivity contribution in [3.05, 3.63) is 77.6 Å². The Morgan fingerprint density at radius 1 is 0.957 bits per heavy atom. The van der Waals surface area contributed by atoms with Crippen LogP contribution in [0.5, 0.6) is 0 Å². The molecule has 0 aliphatic carbocycles. The van der Waals surface area contributed by atoms with Crippen LogP contribution in [0.25, 0.3) is 11.0 Å². The maximum absolute atomic E-state index is 4.98. The van der Waals surface area contributed by atoms with Crippen LogP contribution in [0.4, 0.5) is 5.69 Å². The average Bonchev–Trinajstić information content (AvgIpc) is 2.54. The maximum atomic E-state index is 4.98. The summed E-state index contributed by atoms with van der Waals surface area (Å²) in [6.07, 6.45) is 2.00. The molecule has 0 amide bonds. The fourth-order valence-corrected chi connectivity index (χ4v) is 1.82. The summed E-state index contributed by atoms with van der Waals surface area (Å²) in [4.78, 5) is 4.55. The van der Waals surface area contributed by atoms with Crippen LogP contribution in [-0.2, 0) is 14.2 Å². The second kappa shape index (κ2) is 11.7. The zero-order valence-electron chi connectivity index (χ0n) is 12.8. The van der Waals surface area contributed by atoms with Crippen LogP contribution in [0.2, 0.25) is 0 Å². The Morgan fingerprint density at radius 3 is 1.91 bits per heavy atom. The quantitative estimate of drug-likeness (QED) is 0.357. The van der Waals surface area contributed by atoms with Gasteiger partial charge >= 0.3 is 42.4 Å². The van der Waals surface area contributed by atoms with Gasteiger partial charge in [-0.3, -0.25) is 4.99 Å². The summed E-state index contributed by atoms with van der Waals surface area (Å²) in [5.41, 5.74) is 3.95. The van der Waals surface area contributed by atoms with Gasteiger partial charge in [-0.05, 0) is 24.6 Å². The Hall–Kier alpha value is -0.792. The molecule has 123 valence electrons. The Morgan fingerprint density at radius 2 is 1.43 bits per heavy atom. The summed E-state index contributed by atoms with van der Waals surface area (Å²) in [5.74, 6) is 0. The van der Waals surface area contributed by atoms with Gasteiger partial charge in [0.25, 0.3) is 0 Å². The Kier molecular flexibility index (Phi) is 10.3. The molecule has 0 radical (unpaired) electrons. The van der Waals surface area contributed by atoms with Crippen LogP contribution in [0, 0.1) is 0 Å². The topological polar surface area (TPSA) is 26.5 Å². The monoisotopic (exact) mass is 452 g/mol. The van der Waals surface area contributed by atoms with Crippen molar-refractivity contribution in [1.29, 1.82) is 0 Å². The van der Waals surface area contributed by atoms with E-state index in [9.17, 15) is 0 Å². The van der Waals surface area contributed by atoms with Gasteiger partial charge in [0.2, 0.25) is 0 Å². The fourth-order valence-electron chi connectivity index (χ4n) is 1.82. The predicted molar refractivity (Wildman–Crippen MR) is 100 cm³/mol. The molecule has 2 aromatic rings. The SMILES string of the molecule is C[N-]C(=CC(C)=Nc1ccccc1)c1ccccc1.[Cl][Mo]([Cl])[Cl]. The fraction of sp³-hybridized carbons (Fsp3) is 0.118. The zero-order chi connectivity index (χ0) is 17.1. The summed E-state index contributed by atoms with van der Waals surface area (Å²) in [6.45, 7) is 1.99. The van der Waals surface area contributed by atoms with E-state index >= 15 is 0 Å². The van der Waals surface area contributed by atoms with Crippen molar-refractivity contribution in [1.82, 2.24) is 0 Å². The standard InChI is InChI=1S/C17H17N2.3ClH.Mo/c1-14(19-16-11-7-4-8-12-16)13-17(18-2)15-9-5-3-6-10-15;;;;/h3-13H,1-2H3;3*1H;/q-1;;;;+3/p-3. The van der Waals surface area contributed by atoms with E-state index < -0.39 is 14.2 Å². The van der Waals surface area contributed by atoms with E-state index in [2.05, 4.69) is 22.4 Å². The molecule has 0 saturated carbocycles. The van der Waals surface area contributed by atoms with Crippen molar-refractivity contribution >= 4 is 45.4 Å². The molecule has 0 heterocycles. The van der Waals surface area contributed by atoms with Gasteiger partial charge < -0.3 is 5.32 Å². The molecule has 0 aromatic heterocycles. The number of allylic oxidation sites excluding steroid dienone is 1. The van der Waals surface area contributed by atoms with E-state index in [0.29, 0.717) is 0 Å². The number of hydrogen-bond acceptors (Lipinski definition) is 1. The van der Waals surface area contributed by atoms with Gasteiger partial charge in [0.1, 0.15) is 0 Å². The number of benzene rings is 2. The van der Waals surface area contributed by atoms with Crippen molar-refractivity contribution < 1.29 is 14.2 Å². The number of para-hydroxylation sites is 1. The van der Waals surface area contributed by atoms with Gasteiger partial charge in [-0.25, -0.2) is 0 Å². The van der Waals surface area contributed by atoms with Crippen molar-refractivity contribution in [3.8, 4) is 0 Å². The van der Waals surface area contributed by atoms with E-state index in [-0.39, 0.29) is 0 Å². The minimum absolute atomic E-state index is 0.940. The minimum atomic E-state index is -1.94. The summed E-state index contributed by atoms with van der Waals surface area (Å²) in [5, 5.41) is 4.32. The van der Waals surface area contributed by atoms with Gasteiger partial charge in [-0.1, -0.05) is 54.6 Å².